The summed E-state index contributed by atoms with van der Waals surface area (Å²) in [7, 11) is 0. The highest BCUT2D eigenvalue weighted by Gasteiger charge is 2.07. The Hall–Kier alpha value is -1.68. The predicted octanol–water partition coefficient (Wildman–Crippen LogP) is 2.16. The van der Waals surface area contributed by atoms with E-state index in [1.165, 1.54) is 0 Å². The average molecular weight is 230 g/mol. The van der Waals surface area contributed by atoms with Crippen molar-refractivity contribution in [3.63, 3.8) is 0 Å². The summed E-state index contributed by atoms with van der Waals surface area (Å²) < 4.78 is 1.79. The number of pyridine rings is 1. The van der Waals surface area contributed by atoms with Gasteiger partial charge in [0.25, 0.3) is 0 Å². The molecule has 0 aromatic carbocycles. The van der Waals surface area contributed by atoms with Crippen LogP contribution in [0.1, 0.15) is 36.6 Å². The maximum absolute atomic E-state index is 5.71. The van der Waals surface area contributed by atoms with E-state index in [0.717, 1.165) is 22.6 Å². The largest absolute Gasteiger partial charge is 0.326 e. The van der Waals surface area contributed by atoms with Crippen molar-refractivity contribution < 1.29 is 0 Å². The minimum absolute atomic E-state index is 0.386. The van der Waals surface area contributed by atoms with Gasteiger partial charge >= 0.3 is 0 Å². The summed E-state index contributed by atoms with van der Waals surface area (Å²) in [5.41, 5.74) is 8.98. The van der Waals surface area contributed by atoms with Crippen LogP contribution >= 0.6 is 0 Å². The molecule has 90 valence electrons. The molecule has 0 atom stereocenters. The van der Waals surface area contributed by atoms with Crippen molar-refractivity contribution in [3.05, 3.63) is 41.3 Å². The normalized spacial score (nSPS) is 11.1. The maximum Gasteiger partial charge on any atom is 0.153 e. The topological polar surface area (TPSA) is 56.7 Å². The molecule has 2 aromatic rings. The van der Waals surface area contributed by atoms with Crippen LogP contribution in [0.25, 0.3) is 5.82 Å². The average Bonchev–Trinajstić information content (AvgIpc) is 2.75. The van der Waals surface area contributed by atoms with Crippen LogP contribution in [0.3, 0.4) is 0 Å². The lowest BCUT2D eigenvalue weighted by atomic mass is 10.1. The number of hydrogen-bond acceptors (Lipinski definition) is 3. The highest BCUT2D eigenvalue weighted by atomic mass is 15.3. The molecule has 0 aliphatic heterocycles. The Morgan fingerprint density at radius 3 is 2.65 bits per heavy atom. The van der Waals surface area contributed by atoms with Crippen LogP contribution < -0.4 is 5.73 Å². The molecule has 0 amide bonds. The van der Waals surface area contributed by atoms with Crippen molar-refractivity contribution in [2.45, 2.75) is 33.2 Å². The molecule has 2 heterocycles. The second-order valence-electron chi connectivity index (χ2n) is 4.58. The van der Waals surface area contributed by atoms with Gasteiger partial charge in [0.2, 0.25) is 0 Å². The summed E-state index contributed by atoms with van der Waals surface area (Å²) >= 11 is 0. The third-order valence-corrected chi connectivity index (χ3v) is 2.67. The zero-order valence-electron chi connectivity index (χ0n) is 10.5. The molecule has 0 spiro atoms. The standard InChI is InChI=1S/C13H18N4/c1-9(2)12-4-11(6-14)5-13(16-12)17-8-10(3)7-15-17/h4-5,7-9H,6,14H2,1-3H3. The van der Waals surface area contributed by atoms with Gasteiger partial charge in [-0.2, -0.15) is 5.10 Å². The van der Waals surface area contributed by atoms with Gasteiger partial charge in [-0.3, -0.25) is 0 Å². The van der Waals surface area contributed by atoms with Crippen molar-refractivity contribution in [1.82, 2.24) is 14.8 Å². The van der Waals surface area contributed by atoms with Crippen LogP contribution in [0.2, 0.25) is 0 Å². The molecule has 0 fully saturated rings. The van der Waals surface area contributed by atoms with Gasteiger partial charge in [0, 0.05) is 18.4 Å². The molecule has 0 aliphatic rings. The quantitative estimate of drug-likeness (QED) is 0.879. The fraction of sp³-hybridized carbons (Fsp3) is 0.385. The molecule has 2 aromatic heterocycles. The molecular weight excluding hydrogens is 212 g/mol. The summed E-state index contributed by atoms with van der Waals surface area (Å²) in [5.74, 6) is 1.22. The second kappa shape index (κ2) is 4.67. The van der Waals surface area contributed by atoms with E-state index in [4.69, 9.17) is 5.73 Å². The zero-order valence-corrected chi connectivity index (χ0v) is 10.5. The fourth-order valence-electron chi connectivity index (χ4n) is 1.66. The predicted molar refractivity (Wildman–Crippen MR) is 68.1 cm³/mol. The van der Waals surface area contributed by atoms with Crippen LogP contribution in [0.15, 0.2) is 24.5 Å². The maximum atomic E-state index is 5.71. The van der Waals surface area contributed by atoms with Gasteiger partial charge in [-0.05, 0) is 36.1 Å². The Kier molecular flexibility index (Phi) is 3.24. The van der Waals surface area contributed by atoms with Gasteiger partial charge in [0.15, 0.2) is 5.82 Å². The fourth-order valence-corrected chi connectivity index (χ4v) is 1.66. The number of rotatable bonds is 3. The van der Waals surface area contributed by atoms with Gasteiger partial charge < -0.3 is 5.73 Å². The van der Waals surface area contributed by atoms with Gasteiger partial charge in [0.1, 0.15) is 0 Å². The molecule has 4 nitrogen and oxygen atoms in total. The zero-order chi connectivity index (χ0) is 12.4. The first kappa shape index (κ1) is 11.8. The third kappa shape index (κ3) is 2.53. The SMILES string of the molecule is Cc1cnn(-c2cc(CN)cc(C(C)C)n2)c1. The Morgan fingerprint density at radius 1 is 1.35 bits per heavy atom. The first-order chi connectivity index (χ1) is 8.10. The van der Waals surface area contributed by atoms with Gasteiger partial charge in [0.05, 0.1) is 6.20 Å². The Bertz CT molecular complexity index is 514. The molecule has 0 aliphatic carbocycles. The molecule has 0 radical (unpaired) electrons. The number of nitrogens with zero attached hydrogens (tertiary/aromatic N) is 3. The van der Waals surface area contributed by atoms with Crippen molar-refractivity contribution in [1.29, 1.82) is 0 Å². The molecule has 0 saturated heterocycles. The summed E-state index contributed by atoms with van der Waals surface area (Å²) in [4.78, 5) is 4.61. The molecule has 2 rings (SSSR count). The summed E-state index contributed by atoms with van der Waals surface area (Å²) in [6, 6.07) is 4.04. The lowest BCUT2D eigenvalue weighted by Gasteiger charge is -2.10. The van der Waals surface area contributed by atoms with E-state index in [9.17, 15) is 0 Å². The Balaban J connectivity index is 2.49. The first-order valence-electron chi connectivity index (χ1n) is 5.82. The van der Waals surface area contributed by atoms with Crippen molar-refractivity contribution >= 4 is 0 Å². The van der Waals surface area contributed by atoms with Gasteiger partial charge in [-0.1, -0.05) is 13.8 Å². The molecule has 0 saturated carbocycles. The summed E-state index contributed by atoms with van der Waals surface area (Å²) in [5, 5.41) is 4.28. The molecule has 4 heteroatoms. The van der Waals surface area contributed by atoms with E-state index in [1.807, 2.05) is 25.4 Å². The molecule has 2 N–H and O–H groups in total. The van der Waals surface area contributed by atoms with Crippen LogP contribution in [0.5, 0.6) is 0 Å². The van der Waals surface area contributed by atoms with E-state index >= 15 is 0 Å². The monoisotopic (exact) mass is 230 g/mol. The molecule has 17 heavy (non-hydrogen) atoms. The highest BCUT2D eigenvalue weighted by molar-refractivity contribution is 5.32. The van der Waals surface area contributed by atoms with Crippen molar-refractivity contribution in [2.75, 3.05) is 0 Å². The van der Waals surface area contributed by atoms with Crippen molar-refractivity contribution in [2.24, 2.45) is 5.73 Å². The van der Waals surface area contributed by atoms with Crippen LogP contribution in [-0.4, -0.2) is 14.8 Å². The summed E-state index contributed by atoms with van der Waals surface area (Å²) in [6.07, 6.45) is 3.79. The van der Waals surface area contributed by atoms with E-state index in [2.05, 4.69) is 30.0 Å². The van der Waals surface area contributed by atoms with E-state index in [1.54, 1.807) is 4.68 Å². The van der Waals surface area contributed by atoms with E-state index in [0.29, 0.717) is 12.5 Å². The third-order valence-electron chi connectivity index (χ3n) is 2.67. The first-order valence-corrected chi connectivity index (χ1v) is 5.82. The number of hydrogen-bond donors (Lipinski definition) is 1. The van der Waals surface area contributed by atoms with Crippen LogP contribution in [0.4, 0.5) is 0 Å². The number of nitrogens with two attached hydrogens (primary N) is 1. The number of aryl methyl sites for hydroxylation is 1. The minimum Gasteiger partial charge on any atom is -0.326 e. The second-order valence-corrected chi connectivity index (χ2v) is 4.58. The van der Waals surface area contributed by atoms with E-state index in [-0.39, 0.29) is 0 Å². The Morgan fingerprint density at radius 2 is 2.12 bits per heavy atom. The molecular formula is C13H18N4. The van der Waals surface area contributed by atoms with Gasteiger partial charge in [-0.15, -0.1) is 0 Å². The van der Waals surface area contributed by atoms with Crippen LogP contribution in [0, 0.1) is 6.92 Å². The summed E-state index contributed by atoms with van der Waals surface area (Å²) in [6.45, 7) is 6.79. The molecule has 0 unspecified atom stereocenters. The van der Waals surface area contributed by atoms with Gasteiger partial charge in [-0.25, -0.2) is 9.67 Å². The lowest BCUT2D eigenvalue weighted by molar-refractivity contribution is 0.777. The highest BCUT2D eigenvalue weighted by Crippen LogP contribution is 2.17. The van der Waals surface area contributed by atoms with Crippen molar-refractivity contribution in [3.8, 4) is 5.82 Å². The smallest absolute Gasteiger partial charge is 0.153 e. The number of aromatic nitrogens is 3. The molecule has 0 bridgehead atoms. The minimum atomic E-state index is 0.386. The Labute approximate surface area is 101 Å². The lowest BCUT2D eigenvalue weighted by Crippen LogP contribution is -2.06. The van der Waals surface area contributed by atoms with E-state index < -0.39 is 0 Å². The van der Waals surface area contributed by atoms with Crippen LogP contribution in [-0.2, 0) is 6.54 Å².